The lowest BCUT2D eigenvalue weighted by molar-refractivity contribution is 0.122. The van der Waals surface area contributed by atoms with Gasteiger partial charge >= 0.3 is 0 Å². The number of anilines is 4. The largest absolute Gasteiger partial charge is 0.495 e. The van der Waals surface area contributed by atoms with Gasteiger partial charge in [0.25, 0.3) is 10.0 Å². The van der Waals surface area contributed by atoms with Crippen molar-refractivity contribution in [3.05, 3.63) is 72.8 Å². The molecule has 1 aliphatic heterocycles. The Morgan fingerprint density at radius 3 is 2.35 bits per heavy atom. The van der Waals surface area contributed by atoms with E-state index in [4.69, 9.17) is 21.7 Å². The van der Waals surface area contributed by atoms with Crippen LogP contribution < -0.4 is 25.0 Å². The van der Waals surface area contributed by atoms with Crippen molar-refractivity contribution in [2.75, 3.05) is 53.7 Å². The Morgan fingerprint density at radius 2 is 1.62 bits per heavy atom. The highest BCUT2D eigenvalue weighted by Gasteiger charge is 2.25. The number of hydrogen-bond acceptors (Lipinski definition) is 6. The van der Waals surface area contributed by atoms with Gasteiger partial charge in [0.1, 0.15) is 10.6 Å². The van der Waals surface area contributed by atoms with E-state index in [0.717, 1.165) is 5.69 Å². The van der Waals surface area contributed by atoms with E-state index >= 15 is 0 Å². The van der Waals surface area contributed by atoms with Crippen LogP contribution in [0.1, 0.15) is 0 Å². The van der Waals surface area contributed by atoms with E-state index in [1.807, 2.05) is 41.3 Å². The van der Waals surface area contributed by atoms with Crippen LogP contribution in [-0.2, 0) is 14.8 Å². The zero-order valence-electron chi connectivity index (χ0n) is 18.7. The first kappa shape index (κ1) is 23.8. The van der Waals surface area contributed by atoms with Crippen LogP contribution in [0.4, 0.5) is 22.7 Å². The fraction of sp³-hybridized carbons (Fsp3) is 0.208. The number of ether oxygens (including phenoxy) is 2. The molecule has 0 aliphatic carbocycles. The number of benzene rings is 3. The molecule has 4 rings (SSSR count). The van der Waals surface area contributed by atoms with Crippen molar-refractivity contribution in [1.29, 1.82) is 0 Å². The molecular weight excluding hydrogens is 472 g/mol. The summed E-state index contributed by atoms with van der Waals surface area (Å²) >= 11 is 5.42. The second kappa shape index (κ2) is 10.7. The molecule has 8 nitrogen and oxygen atoms in total. The second-order valence-electron chi connectivity index (χ2n) is 7.53. The minimum Gasteiger partial charge on any atom is -0.495 e. The molecule has 3 aromatic carbocycles. The van der Waals surface area contributed by atoms with Crippen molar-refractivity contribution in [3.63, 3.8) is 0 Å². The average Bonchev–Trinajstić information content (AvgIpc) is 2.85. The summed E-state index contributed by atoms with van der Waals surface area (Å²) in [5.41, 5.74) is 2.33. The number of para-hydroxylation sites is 3. The molecule has 0 amide bonds. The van der Waals surface area contributed by atoms with Crippen molar-refractivity contribution in [1.82, 2.24) is 0 Å². The van der Waals surface area contributed by atoms with Gasteiger partial charge < -0.3 is 25.0 Å². The lowest BCUT2D eigenvalue weighted by atomic mass is 10.2. The van der Waals surface area contributed by atoms with Gasteiger partial charge in [-0.2, -0.15) is 0 Å². The van der Waals surface area contributed by atoms with Crippen LogP contribution in [0.3, 0.4) is 0 Å². The molecule has 178 valence electrons. The molecule has 3 aromatic rings. The third-order valence-corrected chi connectivity index (χ3v) is 6.84. The summed E-state index contributed by atoms with van der Waals surface area (Å²) in [4.78, 5) is 2.14. The molecule has 34 heavy (non-hydrogen) atoms. The van der Waals surface area contributed by atoms with E-state index in [0.29, 0.717) is 54.2 Å². The summed E-state index contributed by atoms with van der Waals surface area (Å²) < 4.78 is 40.5. The Labute approximate surface area is 204 Å². The summed E-state index contributed by atoms with van der Waals surface area (Å²) in [6.07, 6.45) is 0. The molecule has 0 radical (unpaired) electrons. The maximum Gasteiger partial charge on any atom is 0.264 e. The number of nitrogens with zero attached hydrogens (tertiary/aromatic N) is 1. The minimum absolute atomic E-state index is 0.132. The summed E-state index contributed by atoms with van der Waals surface area (Å²) in [6.45, 7) is 2.25. The van der Waals surface area contributed by atoms with Crippen LogP contribution in [0.2, 0.25) is 0 Å². The lowest BCUT2D eigenvalue weighted by Crippen LogP contribution is -2.37. The third kappa shape index (κ3) is 5.77. The Kier molecular flexibility index (Phi) is 7.51. The molecule has 10 heteroatoms. The number of methoxy groups -OCH3 is 1. The Balaban J connectivity index is 1.65. The Hall–Kier alpha value is -3.34. The van der Waals surface area contributed by atoms with Crippen LogP contribution in [-0.4, -0.2) is 46.9 Å². The molecule has 0 atom stereocenters. The van der Waals surface area contributed by atoms with Crippen LogP contribution >= 0.6 is 12.2 Å². The first-order chi connectivity index (χ1) is 16.5. The van der Waals surface area contributed by atoms with Crippen LogP contribution in [0.25, 0.3) is 0 Å². The maximum atomic E-state index is 13.6. The van der Waals surface area contributed by atoms with Crippen LogP contribution in [0, 0.1) is 0 Å². The minimum atomic E-state index is -3.96. The zero-order chi connectivity index (χ0) is 24.0. The molecule has 0 aromatic heterocycles. The van der Waals surface area contributed by atoms with Gasteiger partial charge in [0, 0.05) is 24.5 Å². The molecule has 1 aliphatic rings. The highest BCUT2D eigenvalue weighted by molar-refractivity contribution is 7.93. The molecule has 1 saturated heterocycles. The van der Waals surface area contributed by atoms with E-state index in [2.05, 4.69) is 15.4 Å². The molecule has 0 unspecified atom stereocenters. The van der Waals surface area contributed by atoms with Crippen molar-refractivity contribution in [2.24, 2.45) is 0 Å². The van der Waals surface area contributed by atoms with E-state index in [9.17, 15) is 8.42 Å². The first-order valence-corrected chi connectivity index (χ1v) is 12.6. The smallest absolute Gasteiger partial charge is 0.264 e. The van der Waals surface area contributed by atoms with Crippen molar-refractivity contribution in [2.45, 2.75) is 4.90 Å². The molecule has 3 N–H and O–H groups in total. The normalized spacial score (nSPS) is 13.7. The summed E-state index contributed by atoms with van der Waals surface area (Å²) in [5, 5.41) is 6.53. The third-order valence-electron chi connectivity index (χ3n) is 5.24. The standard InChI is InChI=1S/C24H26N4O4S2/c1-31-22-10-6-5-9-20(22)27-34(29,30)23-17-19(11-12-21(23)28-13-15-32-16-14-28)26-24(33)25-18-7-3-2-4-8-18/h2-12,17,27H,13-16H2,1H3,(H2,25,26,33). The number of nitrogens with one attached hydrogen (secondary N) is 3. The molecule has 1 fully saturated rings. The summed E-state index contributed by atoms with van der Waals surface area (Å²) in [6, 6.07) is 21.6. The number of rotatable bonds is 7. The summed E-state index contributed by atoms with van der Waals surface area (Å²) in [7, 11) is -2.46. The number of thiocarbonyl (C=S) groups is 1. The zero-order valence-corrected chi connectivity index (χ0v) is 20.3. The fourth-order valence-electron chi connectivity index (χ4n) is 3.62. The van der Waals surface area contributed by atoms with Crippen molar-refractivity contribution >= 4 is 50.1 Å². The predicted molar refractivity (Wildman–Crippen MR) is 140 cm³/mol. The van der Waals surface area contributed by atoms with E-state index < -0.39 is 10.0 Å². The van der Waals surface area contributed by atoms with Gasteiger partial charge in [0.2, 0.25) is 0 Å². The Bertz CT molecular complexity index is 1250. The fourth-order valence-corrected chi connectivity index (χ4v) is 5.17. The summed E-state index contributed by atoms with van der Waals surface area (Å²) in [5.74, 6) is 0.432. The van der Waals surface area contributed by atoms with Gasteiger partial charge in [-0.3, -0.25) is 4.72 Å². The topological polar surface area (TPSA) is 91.9 Å². The monoisotopic (exact) mass is 498 g/mol. The number of sulfonamides is 1. The van der Waals surface area contributed by atoms with E-state index in [1.54, 1.807) is 36.4 Å². The lowest BCUT2D eigenvalue weighted by Gasteiger charge is -2.30. The van der Waals surface area contributed by atoms with Gasteiger partial charge in [-0.1, -0.05) is 30.3 Å². The molecule has 0 bridgehead atoms. The van der Waals surface area contributed by atoms with Gasteiger partial charge in [0.15, 0.2) is 5.11 Å². The highest BCUT2D eigenvalue weighted by Crippen LogP contribution is 2.33. The van der Waals surface area contributed by atoms with Gasteiger partial charge in [-0.15, -0.1) is 0 Å². The van der Waals surface area contributed by atoms with E-state index in [-0.39, 0.29) is 4.90 Å². The average molecular weight is 499 g/mol. The van der Waals surface area contributed by atoms with Crippen LogP contribution in [0.5, 0.6) is 5.75 Å². The van der Waals surface area contributed by atoms with E-state index in [1.165, 1.54) is 7.11 Å². The maximum absolute atomic E-state index is 13.6. The Morgan fingerprint density at radius 1 is 0.941 bits per heavy atom. The molecular formula is C24H26N4O4S2. The quantitative estimate of drug-likeness (QED) is 0.419. The number of morpholine rings is 1. The predicted octanol–water partition coefficient (Wildman–Crippen LogP) is 4.14. The van der Waals surface area contributed by atoms with Gasteiger partial charge in [-0.05, 0) is 54.7 Å². The molecule has 1 heterocycles. The van der Waals surface area contributed by atoms with Crippen molar-refractivity contribution < 1.29 is 17.9 Å². The molecule has 0 saturated carbocycles. The second-order valence-corrected chi connectivity index (χ2v) is 9.59. The van der Waals surface area contributed by atoms with Gasteiger partial charge in [0.05, 0.1) is 31.7 Å². The SMILES string of the molecule is COc1ccccc1NS(=O)(=O)c1cc(NC(=S)Nc2ccccc2)ccc1N1CCOCC1. The van der Waals surface area contributed by atoms with Crippen LogP contribution in [0.15, 0.2) is 77.7 Å². The highest BCUT2D eigenvalue weighted by atomic mass is 32.2. The number of hydrogen-bond donors (Lipinski definition) is 3. The van der Waals surface area contributed by atoms with Gasteiger partial charge in [-0.25, -0.2) is 8.42 Å². The molecule has 0 spiro atoms. The van der Waals surface area contributed by atoms with Crippen molar-refractivity contribution in [3.8, 4) is 5.75 Å². The first-order valence-electron chi connectivity index (χ1n) is 10.7.